The van der Waals surface area contributed by atoms with E-state index in [9.17, 15) is 4.79 Å². The van der Waals surface area contributed by atoms with E-state index in [1.165, 1.54) is 38.5 Å². The molecule has 0 aliphatic heterocycles. The van der Waals surface area contributed by atoms with E-state index in [0.717, 1.165) is 18.8 Å². The Morgan fingerprint density at radius 2 is 2.12 bits per heavy atom. The quantitative estimate of drug-likeness (QED) is 0.393. The van der Waals surface area contributed by atoms with Crippen LogP contribution in [0.4, 0.5) is 0 Å². The SMILES string of the molecule is C=C(C)C(=O)OC1CCCC(CCCCC)C1. The summed E-state index contributed by atoms with van der Waals surface area (Å²) >= 11 is 0. The first-order valence-corrected chi connectivity index (χ1v) is 7.00. The molecule has 0 aromatic heterocycles. The molecule has 0 heterocycles. The van der Waals surface area contributed by atoms with Crippen LogP contribution in [0.25, 0.3) is 0 Å². The largest absolute Gasteiger partial charge is 0.459 e. The predicted octanol–water partition coefficient (Wildman–Crippen LogP) is 4.24. The molecule has 0 radical (unpaired) electrons. The fourth-order valence-electron chi connectivity index (χ4n) is 2.55. The lowest BCUT2D eigenvalue weighted by atomic mass is 9.84. The summed E-state index contributed by atoms with van der Waals surface area (Å²) in [5.74, 6) is 0.544. The van der Waals surface area contributed by atoms with Crippen molar-refractivity contribution in [1.29, 1.82) is 0 Å². The monoisotopic (exact) mass is 238 g/mol. The summed E-state index contributed by atoms with van der Waals surface area (Å²) in [6.07, 6.45) is 9.96. The number of hydrogen-bond donors (Lipinski definition) is 0. The zero-order chi connectivity index (χ0) is 12.7. The standard InChI is InChI=1S/C15H26O2/c1-4-5-6-8-13-9-7-10-14(11-13)17-15(16)12(2)3/h13-14H,2,4-11H2,1,3H3. The van der Waals surface area contributed by atoms with Crippen molar-refractivity contribution in [3.05, 3.63) is 12.2 Å². The molecule has 0 amide bonds. The van der Waals surface area contributed by atoms with Crippen LogP contribution in [0, 0.1) is 5.92 Å². The average Bonchev–Trinajstić information content (AvgIpc) is 2.30. The van der Waals surface area contributed by atoms with Gasteiger partial charge in [-0.1, -0.05) is 45.6 Å². The smallest absolute Gasteiger partial charge is 0.333 e. The number of carbonyl (C=O) groups is 1. The first-order valence-electron chi connectivity index (χ1n) is 7.00. The van der Waals surface area contributed by atoms with E-state index in [4.69, 9.17) is 4.74 Å². The van der Waals surface area contributed by atoms with Crippen LogP contribution in [0.3, 0.4) is 0 Å². The van der Waals surface area contributed by atoms with Crippen molar-refractivity contribution in [2.24, 2.45) is 5.92 Å². The topological polar surface area (TPSA) is 26.3 Å². The lowest BCUT2D eigenvalue weighted by Crippen LogP contribution is -2.25. The van der Waals surface area contributed by atoms with Crippen molar-refractivity contribution in [1.82, 2.24) is 0 Å². The fourth-order valence-corrected chi connectivity index (χ4v) is 2.55. The molecule has 0 spiro atoms. The summed E-state index contributed by atoms with van der Waals surface area (Å²) in [7, 11) is 0. The molecule has 0 N–H and O–H groups in total. The van der Waals surface area contributed by atoms with Gasteiger partial charge in [-0.25, -0.2) is 4.79 Å². The molecule has 2 unspecified atom stereocenters. The van der Waals surface area contributed by atoms with Crippen molar-refractivity contribution in [3.63, 3.8) is 0 Å². The Hall–Kier alpha value is -0.790. The number of hydrogen-bond acceptors (Lipinski definition) is 2. The lowest BCUT2D eigenvalue weighted by Gasteiger charge is -2.29. The predicted molar refractivity (Wildman–Crippen MR) is 70.8 cm³/mol. The summed E-state index contributed by atoms with van der Waals surface area (Å²) in [6.45, 7) is 7.57. The van der Waals surface area contributed by atoms with Gasteiger partial charge in [0.15, 0.2) is 0 Å². The molecule has 0 saturated heterocycles. The highest BCUT2D eigenvalue weighted by molar-refractivity contribution is 5.87. The van der Waals surface area contributed by atoms with Crippen molar-refractivity contribution in [2.75, 3.05) is 0 Å². The molecule has 1 rings (SSSR count). The fraction of sp³-hybridized carbons (Fsp3) is 0.800. The lowest BCUT2D eigenvalue weighted by molar-refractivity contribution is -0.146. The van der Waals surface area contributed by atoms with Gasteiger partial charge in [0.25, 0.3) is 0 Å². The molecule has 17 heavy (non-hydrogen) atoms. The maximum absolute atomic E-state index is 11.5. The summed E-state index contributed by atoms with van der Waals surface area (Å²) in [4.78, 5) is 11.5. The zero-order valence-electron chi connectivity index (χ0n) is 11.3. The highest BCUT2D eigenvalue weighted by Gasteiger charge is 2.24. The van der Waals surface area contributed by atoms with E-state index in [1.54, 1.807) is 6.92 Å². The Labute approximate surface area is 105 Å². The minimum atomic E-state index is -0.218. The number of carbonyl (C=O) groups excluding carboxylic acids is 1. The van der Waals surface area contributed by atoms with Crippen LogP contribution in [0.1, 0.15) is 65.2 Å². The number of rotatable bonds is 6. The van der Waals surface area contributed by atoms with Gasteiger partial charge in [-0.2, -0.15) is 0 Å². The van der Waals surface area contributed by atoms with Gasteiger partial charge < -0.3 is 4.74 Å². The van der Waals surface area contributed by atoms with Crippen LogP contribution in [0.2, 0.25) is 0 Å². The third kappa shape index (κ3) is 5.38. The molecule has 98 valence electrons. The van der Waals surface area contributed by atoms with Crippen LogP contribution in [0.5, 0.6) is 0 Å². The minimum absolute atomic E-state index is 0.138. The second-order valence-electron chi connectivity index (χ2n) is 5.34. The van der Waals surface area contributed by atoms with E-state index in [0.29, 0.717) is 5.57 Å². The summed E-state index contributed by atoms with van der Waals surface area (Å²) in [5, 5.41) is 0. The van der Waals surface area contributed by atoms with Crippen LogP contribution < -0.4 is 0 Å². The first kappa shape index (κ1) is 14.3. The number of ether oxygens (including phenoxy) is 1. The van der Waals surface area contributed by atoms with Gasteiger partial charge in [0.2, 0.25) is 0 Å². The third-order valence-corrected chi connectivity index (χ3v) is 3.57. The van der Waals surface area contributed by atoms with Gasteiger partial charge in [0, 0.05) is 5.57 Å². The first-order chi connectivity index (χ1) is 8.13. The van der Waals surface area contributed by atoms with Gasteiger partial charge in [-0.05, 0) is 32.1 Å². The molecular formula is C15H26O2. The molecule has 1 aliphatic carbocycles. The van der Waals surface area contributed by atoms with Crippen molar-refractivity contribution in [2.45, 2.75) is 71.3 Å². The maximum atomic E-state index is 11.5. The molecule has 1 saturated carbocycles. The van der Waals surface area contributed by atoms with Gasteiger partial charge in [-0.15, -0.1) is 0 Å². The van der Waals surface area contributed by atoms with E-state index in [1.807, 2.05) is 0 Å². The Morgan fingerprint density at radius 3 is 2.76 bits per heavy atom. The summed E-state index contributed by atoms with van der Waals surface area (Å²) in [5.41, 5.74) is 0.512. The molecule has 1 aliphatic rings. The normalized spacial score (nSPS) is 24.4. The number of unbranched alkanes of at least 4 members (excludes halogenated alkanes) is 2. The van der Waals surface area contributed by atoms with Crippen molar-refractivity contribution in [3.8, 4) is 0 Å². The van der Waals surface area contributed by atoms with Crippen molar-refractivity contribution < 1.29 is 9.53 Å². The average molecular weight is 238 g/mol. The molecule has 2 nitrogen and oxygen atoms in total. The second kappa shape index (κ2) is 7.52. The summed E-state index contributed by atoms with van der Waals surface area (Å²) in [6, 6.07) is 0. The van der Waals surface area contributed by atoms with Gasteiger partial charge in [-0.3, -0.25) is 0 Å². The van der Waals surface area contributed by atoms with Gasteiger partial charge in [0.05, 0.1) is 0 Å². The maximum Gasteiger partial charge on any atom is 0.333 e. The van der Waals surface area contributed by atoms with Crippen LogP contribution in [0.15, 0.2) is 12.2 Å². The van der Waals surface area contributed by atoms with Crippen molar-refractivity contribution >= 4 is 5.97 Å². The molecule has 2 heteroatoms. The van der Waals surface area contributed by atoms with E-state index < -0.39 is 0 Å². The molecule has 2 atom stereocenters. The van der Waals surface area contributed by atoms with Crippen LogP contribution in [-0.4, -0.2) is 12.1 Å². The van der Waals surface area contributed by atoms with Gasteiger partial charge >= 0.3 is 5.97 Å². The Bertz CT molecular complexity index is 258. The zero-order valence-corrected chi connectivity index (χ0v) is 11.3. The van der Waals surface area contributed by atoms with Crippen LogP contribution >= 0.6 is 0 Å². The van der Waals surface area contributed by atoms with Gasteiger partial charge in [0.1, 0.15) is 6.10 Å². The molecule has 1 fully saturated rings. The molecule has 0 bridgehead atoms. The molecule has 0 aromatic carbocycles. The Morgan fingerprint density at radius 1 is 1.35 bits per heavy atom. The van der Waals surface area contributed by atoms with E-state index in [-0.39, 0.29) is 12.1 Å². The van der Waals surface area contributed by atoms with E-state index >= 15 is 0 Å². The van der Waals surface area contributed by atoms with E-state index in [2.05, 4.69) is 13.5 Å². The summed E-state index contributed by atoms with van der Waals surface area (Å²) < 4.78 is 5.45. The molecular weight excluding hydrogens is 212 g/mol. The highest BCUT2D eigenvalue weighted by atomic mass is 16.5. The highest BCUT2D eigenvalue weighted by Crippen LogP contribution is 2.30. The van der Waals surface area contributed by atoms with Crippen LogP contribution in [-0.2, 0) is 9.53 Å². The molecule has 0 aromatic rings. The third-order valence-electron chi connectivity index (χ3n) is 3.57. The Kier molecular flexibility index (Phi) is 6.31. The second-order valence-corrected chi connectivity index (χ2v) is 5.34. The Balaban J connectivity index is 2.28. The minimum Gasteiger partial charge on any atom is -0.459 e. The number of esters is 1.